The third-order valence-corrected chi connectivity index (χ3v) is 2.92. The van der Waals surface area contributed by atoms with Gasteiger partial charge in [-0.15, -0.1) is 0 Å². The first-order valence-corrected chi connectivity index (χ1v) is 4.26. The van der Waals surface area contributed by atoms with Gasteiger partial charge in [-0.1, -0.05) is 6.42 Å². The number of nitrogens with one attached hydrogen (secondary N) is 1. The maximum atomic E-state index is 10.4. The Balaban J connectivity index is 1.74. The van der Waals surface area contributed by atoms with E-state index in [1.165, 1.54) is 19.3 Å². The van der Waals surface area contributed by atoms with Crippen LogP contribution in [0, 0.1) is 5.92 Å². The van der Waals surface area contributed by atoms with E-state index in [1.54, 1.807) is 0 Å². The topological polar surface area (TPSA) is 49.3 Å². The molecule has 2 rings (SSSR count). The molecule has 2 atom stereocenters. The number of rotatable bonds is 2. The number of carboxylic acid groups (broad SMARTS) is 1. The maximum absolute atomic E-state index is 10.4. The molecule has 2 fully saturated rings. The summed E-state index contributed by atoms with van der Waals surface area (Å²) in [5.74, 6) is 0.0890. The molecule has 0 aromatic heterocycles. The second kappa shape index (κ2) is 2.48. The van der Waals surface area contributed by atoms with E-state index in [9.17, 15) is 4.79 Å². The molecule has 1 saturated heterocycles. The molecule has 1 aliphatic heterocycles. The highest BCUT2D eigenvalue weighted by Crippen LogP contribution is 2.34. The summed E-state index contributed by atoms with van der Waals surface area (Å²) in [7, 11) is 0. The van der Waals surface area contributed by atoms with Crippen molar-refractivity contribution in [1.82, 2.24) is 5.32 Å². The van der Waals surface area contributed by atoms with Crippen LogP contribution in [0.5, 0.6) is 0 Å². The van der Waals surface area contributed by atoms with Crippen LogP contribution in [0.2, 0.25) is 0 Å². The zero-order chi connectivity index (χ0) is 7.84. The molecule has 1 heterocycles. The molecule has 1 saturated carbocycles. The second-order valence-corrected chi connectivity index (χ2v) is 3.59. The van der Waals surface area contributed by atoms with Crippen LogP contribution < -0.4 is 5.32 Å². The van der Waals surface area contributed by atoms with Crippen LogP contribution in [0.1, 0.15) is 25.7 Å². The van der Waals surface area contributed by atoms with Crippen LogP contribution >= 0.6 is 0 Å². The fourth-order valence-corrected chi connectivity index (χ4v) is 1.83. The zero-order valence-electron chi connectivity index (χ0n) is 6.42. The van der Waals surface area contributed by atoms with Gasteiger partial charge in [0.2, 0.25) is 0 Å². The molecule has 1 aliphatic carbocycles. The third kappa shape index (κ3) is 1.13. The minimum absolute atomic E-state index is 0.249. The van der Waals surface area contributed by atoms with Gasteiger partial charge in [0.1, 0.15) is 6.04 Å². The lowest BCUT2D eigenvalue weighted by Crippen LogP contribution is -2.60. The lowest BCUT2D eigenvalue weighted by atomic mass is 9.74. The fraction of sp³-hybridized carbons (Fsp3) is 0.875. The van der Waals surface area contributed by atoms with E-state index in [0.717, 1.165) is 12.3 Å². The molecule has 2 aliphatic rings. The van der Waals surface area contributed by atoms with Crippen molar-refractivity contribution in [3.8, 4) is 0 Å². The molecule has 2 N–H and O–H groups in total. The Hall–Kier alpha value is -0.570. The molecule has 11 heavy (non-hydrogen) atoms. The van der Waals surface area contributed by atoms with Crippen molar-refractivity contribution in [2.24, 2.45) is 5.92 Å². The second-order valence-electron chi connectivity index (χ2n) is 3.59. The summed E-state index contributed by atoms with van der Waals surface area (Å²) in [4.78, 5) is 10.4. The Morgan fingerprint density at radius 3 is 2.45 bits per heavy atom. The smallest absolute Gasteiger partial charge is 0.320 e. The van der Waals surface area contributed by atoms with Crippen molar-refractivity contribution < 1.29 is 9.90 Å². The van der Waals surface area contributed by atoms with Crippen molar-refractivity contribution in [2.45, 2.75) is 37.8 Å². The molecule has 0 amide bonds. The molecule has 3 nitrogen and oxygen atoms in total. The van der Waals surface area contributed by atoms with Crippen molar-refractivity contribution in [2.75, 3.05) is 0 Å². The SMILES string of the molecule is O=C(O)C1CC(C2CCC2)N1. The molecule has 0 radical (unpaired) electrons. The molecule has 2 unspecified atom stereocenters. The Kier molecular flexibility index (Phi) is 1.60. The van der Waals surface area contributed by atoms with Gasteiger partial charge in [0.25, 0.3) is 0 Å². The molecule has 0 spiro atoms. The largest absolute Gasteiger partial charge is 0.480 e. The predicted octanol–water partition coefficient (Wildman–Crippen LogP) is 0.602. The molecular formula is C8H13NO2. The standard InChI is InChI=1S/C8H13NO2/c10-8(11)7-4-6(9-7)5-2-1-3-5/h5-7,9H,1-4H2,(H,10,11). The maximum Gasteiger partial charge on any atom is 0.320 e. The summed E-state index contributed by atoms with van der Waals surface area (Å²) in [6.45, 7) is 0. The van der Waals surface area contributed by atoms with Gasteiger partial charge in [0.05, 0.1) is 0 Å². The number of hydrogen-bond acceptors (Lipinski definition) is 2. The van der Waals surface area contributed by atoms with Crippen molar-refractivity contribution in [1.29, 1.82) is 0 Å². The third-order valence-electron chi connectivity index (χ3n) is 2.92. The molecule has 0 bridgehead atoms. The number of aliphatic carboxylic acids is 1. The van der Waals surface area contributed by atoms with Gasteiger partial charge < -0.3 is 10.4 Å². The van der Waals surface area contributed by atoms with Gasteiger partial charge in [-0.05, 0) is 25.2 Å². The summed E-state index contributed by atoms with van der Waals surface area (Å²) in [6, 6.07) is 0.269. The van der Waals surface area contributed by atoms with Gasteiger partial charge in [-0.2, -0.15) is 0 Å². The summed E-state index contributed by atoms with van der Waals surface area (Å²) in [6.07, 6.45) is 4.77. The average Bonchev–Trinajstić information content (AvgIpc) is 1.70. The van der Waals surface area contributed by atoms with Gasteiger partial charge in [0, 0.05) is 6.04 Å². The molecule has 62 valence electrons. The van der Waals surface area contributed by atoms with E-state index in [2.05, 4.69) is 5.32 Å². The zero-order valence-corrected chi connectivity index (χ0v) is 6.42. The van der Waals surface area contributed by atoms with Gasteiger partial charge in [-0.25, -0.2) is 0 Å². The Morgan fingerprint density at radius 2 is 2.09 bits per heavy atom. The number of carbonyl (C=O) groups is 1. The molecule has 3 heteroatoms. The van der Waals surface area contributed by atoms with E-state index in [1.807, 2.05) is 0 Å². The predicted molar refractivity (Wildman–Crippen MR) is 40.3 cm³/mol. The summed E-state index contributed by atoms with van der Waals surface area (Å²) in [5.41, 5.74) is 0. The van der Waals surface area contributed by atoms with E-state index in [-0.39, 0.29) is 6.04 Å². The quantitative estimate of drug-likeness (QED) is 0.614. The number of hydrogen-bond donors (Lipinski definition) is 2. The normalized spacial score (nSPS) is 37.5. The van der Waals surface area contributed by atoms with Crippen molar-refractivity contribution >= 4 is 5.97 Å². The van der Waals surface area contributed by atoms with Crippen LogP contribution in [0.4, 0.5) is 0 Å². The molecule has 0 aromatic carbocycles. The van der Waals surface area contributed by atoms with Gasteiger partial charge in [0.15, 0.2) is 0 Å². The number of carboxylic acids is 1. The summed E-state index contributed by atoms with van der Waals surface area (Å²) < 4.78 is 0. The van der Waals surface area contributed by atoms with Gasteiger partial charge >= 0.3 is 5.97 Å². The van der Waals surface area contributed by atoms with E-state index in [0.29, 0.717) is 6.04 Å². The van der Waals surface area contributed by atoms with Crippen LogP contribution in [-0.2, 0) is 4.79 Å². The highest BCUT2D eigenvalue weighted by atomic mass is 16.4. The first-order chi connectivity index (χ1) is 5.27. The lowest BCUT2D eigenvalue weighted by Gasteiger charge is -2.43. The Morgan fingerprint density at radius 1 is 1.45 bits per heavy atom. The van der Waals surface area contributed by atoms with Gasteiger partial charge in [-0.3, -0.25) is 4.79 Å². The van der Waals surface area contributed by atoms with Crippen LogP contribution in [0.25, 0.3) is 0 Å². The highest BCUT2D eigenvalue weighted by molar-refractivity contribution is 5.74. The Bertz CT molecular complexity index is 171. The van der Waals surface area contributed by atoms with Crippen LogP contribution in [0.3, 0.4) is 0 Å². The molecule has 0 aromatic rings. The summed E-state index contributed by atoms with van der Waals surface area (Å²) in [5, 5.41) is 11.6. The van der Waals surface area contributed by atoms with E-state index in [4.69, 9.17) is 5.11 Å². The van der Waals surface area contributed by atoms with Crippen molar-refractivity contribution in [3.63, 3.8) is 0 Å². The summed E-state index contributed by atoms with van der Waals surface area (Å²) >= 11 is 0. The average molecular weight is 155 g/mol. The lowest BCUT2D eigenvalue weighted by molar-refractivity contribution is -0.143. The fourth-order valence-electron chi connectivity index (χ4n) is 1.83. The highest BCUT2D eigenvalue weighted by Gasteiger charge is 2.39. The monoisotopic (exact) mass is 155 g/mol. The first-order valence-electron chi connectivity index (χ1n) is 4.26. The van der Waals surface area contributed by atoms with E-state index >= 15 is 0 Å². The minimum atomic E-state index is -0.694. The van der Waals surface area contributed by atoms with Crippen LogP contribution in [-0.4, -0.2) is 23.2 Å². The van der Waals surface area contributed by atoms with Crippen LogP contribution in [0.15, 0.2) is 0 Å². The Labute approximate surface area is 65.8 Å². The van der Waals surface area contributed by atoms with Crippen molar-refractivity contribution in [3.05, 3.63) is 0 Å². The minimum Gasteiger partial charge on any atom is -0.480 e. The molecular weight excluding hydrogens is 142 g/mol. The van der Waals surface area contributed by atoms with E-state index < -0.39 is 5.97 Å². The first kappa shape index (κ1) is 7.10.